The van der Waals surface area contributed by atoms with E-state index in [0.29, 0.717) is 29.5 Å². The van der Waals surface area contributed by atoms with Crippen molar-refractivity contribution in [1.82, 2.24) is 14.7 Å². The van der Waals surface area contributed by atoms with E-state index in [-0.39, 0.29) is 22.6 Å². The van der Waals surface area contributed by atoms with Gasteiger partial charge in [-0.3, -0.25) is 0 Å². The number of ether oxygens (including phenoxy) is 1. The Morgan fingerprint density at radius 2 is 1.81 bits per heavy atom. The summed E-state index contributed by atoms with van der Waals surface area (Å²) in [5.41, 5.74) is 6.70. The van der Waals surface area contributed by atoms with Crippen molar-refractivity contribution >= 4 is 27.5 Å². The Balaban J connectivity index is 1.68. The Morgan fingerprint density at radius 3 is 2.41 bits per heavy atom. The van der Waals surface area contributed by atoms with E-state index in [1.807, 2.05) is 12.1 Å². The van der Waals surface area contributed by atoms with Crippen LogP contribution in [0.15, 0.2) is 47.6 Å². The van der Waals surface area contributed by atoms with Gasteiger partial charge in [-0.15, -0.1) is 11.3 Å². The number of thiazole rings is 1. The lowest BCUT2D eigenvalue weighted by Gasteiger charge is -2.26. The molecule has 0 radical (unpaired) electrons. The molecule has 11 heteroatoms. The van der Waals surface area contributed by atoms with Gasteiger partial charge in [0.25, 0.3) is 0 Å². The first-order valence-corrected chi connectivity index (χ1v) is 14.2. The summed E-state index contributed by atoms with van der Waals surface area (Å²) in [5, 5.41) is 9.97. The van der Waals surface area contributed by atoms with Crippen molar-refractivity contribution in [2.75, 3.05) is 0 Å². The van der Waals surface area contributed by atoms with Gasteiger partial charge >= 0.3 is 6.09 Å². The fraction of sp³-hybridized carbons (Fsp3) is 0.385. The van der Waals surface area contributed by atoms with Crippen LogP contribution in [0.4, 0.5) is 4.79 Å². The molecule has 1 aliphatic rings. The zero-order chi connectivity index (χ0) is 26.8. The number of nitrogens with zero attached hydrogens (tertiary/aromatic N) is 3. The number of hydrogen-bond acceptors (Lipinski definition) is 8. The van der Waals surface area contributed by atoms with Crippen LogP contribution in [0.2, 0.25) is 0 Å². The van der Waals surface area contributed by atoms with Crippen molar-refractivity contribution in [3.63, 3.8) is 0 Å². The number of pyridine rings is 1. The van der Waals surface area contributed by atoms with E-state index < -0.39 is 21.7 Å². The summed E-state index contributed by atoms with van der Waals surface area (Å²) in [6.45, 7) is 5.38. The molecule has 1 fully saturated rings. The largest absolute Gasteiger partial charge is 0.446 e. The SMILES string of the molecule is CC(C)(C)NS(=O)(=O)c1cc(-c2ccc(C#N)nc2)ccc1-c1cnc(C2CCC(OC(N)=O)CC2)s1. The van der Waals surface area contributed by atoms with Gasteiger partial charge in [-0.05, 0) is 70.2 Å². The lowest BCUT2D eigenvalue weighted by Crippen LogP contribution is -2.40. The quantitative estimate of drug-likeness (QED) is 0.450. The first-order chi connectivity index (χ1) is 17.4. The number of nitriles is 1. The van der Waals surface area contributed by atoms with E-state index in [9.17, 15) is 13.2 Å². The first kappa shape index (κ1) is 26.7. The maximum absolute atomic E-state index is 13.5. The number of rotatable bonds is 6. The standard InChI is InChI=1S/C26H29N5O4S2/c1-26(2,3)31-37(33,34)23-12-17(18-4-8-19(13-27)29-14-18)7-11-21(23)22-15-30-24(36-22)16-5-9-20(10-6-16)35-25(28)32/h4,7-8,11-12,14-16,20,31H,5-6,9-10H2,1-3H3,(H2,28,32). The third-order valence-electron chi connectivity index (χ3n) is 6.02. The normalized spacial score (nSPS) is 18.2. The molecule has 0 saturated heterocycles. The fourth-order valence-corrected chi connectivity index (χ4v) is 7.27. The summed E-state index contributed by atoms with van der Waals surface area (Å²) in [5.74, 6) is 0.211. The zero-order valence-electron chi connectivity index (χ0n) is 20.9. The van der Waals surface area contributed by atoms with E-state index in [1.165, 1.54) is 11.3 Å². The molecular formula is C26H29N5O4S2. The molecule has 3 N–H and O–H groups in total. The Labute approximate surface area is 220 Å². The Kier molecular flexibility index (Phi) is 7.64. The zero-order valence-corrected chi connectivity index (χ0v) is 22.5. The van der Waals surface area contributed by atoms with Gasteiger partial charge in [0.15, 0.2) is 0 Å². The smallest absolute Gasteiger partial charge is 0.404 e. The number of hydrogen-bond donors (Lipinski definition) is 2. The Bertz CT molecular complexity index is 1430. The van der Waals surface area contributed by atoms with Crippen molar-refractivity contribution in [3.05, 3.63) is 53.4 Å². The summed E-state index contributed by atoms with van der Waals surface area (Å²) < 4.78 is 34.9. The van der Waals surface area contributed by atoms with Gasteiger partial charge in [-0.1, -0.05) is 12.1 Å². The summed E-state index contributed by atoms with van der Waals surface area (Å²) in [6.07, 6.45) is 5.41. The molecule has 0 aliphatic heterocycles. The first-order valence-electron chi connectivity index (χ1n) is 11.9. The maximum Gasteiger partial charge on any atom is 0.404 e. The molecule has 0 bridgehead atoms. The van der Waals surface area contributed by atoms with Gasteiger partial charge in [0.1, 0.15) is 17.9 Å². The third-order valence-corrected chi connectivity index (χ3v) is 9.01. The topological polar surface area (TPSA) is 148 Å². The second-order valence-corrected chi connectivity index (χ2v) is 12.8. The average molecular weight is 540 g/mol. The van der Waals surface area contributed by atoms with Crippen molar-refractivity contribution in [2.24, 2.45) is 5.73 Å². The minimum atomic E-state index is -3.88. The molecule has 3 aromatic rings. The fourth-order valence-electron chi connectivity index (χ4n) is 4.41. The Morgan fingerprint density at radius 1 is 1.11 bits per heavy atom. The maximum atomic E-state index is 13.5. The van der Waals surface area contributed by atoms with Crippen LogP contribution >= 0.6 is 11.3 Å². The summed E-state index contributed by atoms with van der Waals surface area (Å²) >= 11 is 1.48. The highest BCUT2D eigenvalue weighted by atomic mass is 32.2. The van der Waals surface area contributed by atoms with Gasteiger partial charge < -0.3 is 10.5 Å². The van der Waals surface area contributed by atoms with E-state index in [0.717, 1.165) is 22.7 Å². The second kappa shape index (κ2) is 10.6. The number of aromatic nitrogens is 2. The number of amides is 1. The van der Waals surface area contributed by atoms with Crippen LogP contribution in [0, 0.1) is 11.3 Å². The number of carbonyl (C=O) groups excluding carboxylic acids is 1. The van der Waals surface area contributed by atoms with E-state index in [1.54, 1.807) is 57.4 Å². The van der Waals surface area contributed by atoms with Crippen molar-refractivity contribution in [2.45, 2.75) is 68.9 Å². The van der Waals surface area contributed by atoms with Crippen molar-refractivity contribution in [3.8, 4) is 27.6 Å². The summed E-state index contributed by atoms with van der Waals surface area (Å²) in [4.78, 5) is 20.7. The molecule has 1 aliphatic carbocycles. The highest BCUT2D eigenvalue weighted by Gasteiger charge is 2.29. The number of sulfonamides is 1. The number of nitrogens with one attached hydrogen (secondary N) is 1. The van der Waals surface area contributed by atoms with Crippen molar-refractivity contribution < 1.29 is 17.9 Å². The second-order valence-electron chi connectivity index (χ2n) is 10.1. The van der Waals surface area contributed by atoms with E-state index in [4.69, 9.17) is 15.7 Å². The molecule has 2 heterocycles. The molecule has 2 aromatic heterocycles. The highest BCUT2D eigenvalue weighted by Crippen LogP contribution is 2.40. The van der Waals surface area contributed by atoms with Crippen LogP contribution in [0.25, 0.3) is 21.6 Å². The molecule has 1 amide bonds. The Hall–Kier alpha value is -3.33. The highest BCUT2D eigenvalue weighted by molar-refractivity contribution is 7.89. The number of carbonyl (C=O) groups is 1. The van der Waals surface area contributed by atoms with Crippen molar-refractivity contribution in [1.29, 1.82) is 5.26 Å². The predicted molar refractivity (Wildman–Crippen MR) is 141 cm³/mol. The molecule has 0 atom stereocenters. The van der Waals surface area contributed by atoms with Gasteiger partial charge in [-0.25, -0.2) is 27.9 Å². The van der Waals surface area contributed by atoms with E-state index >= 15 is 0 Å². The van der Waals surface area contributed by atoms with Gasteiger partial charge in [0.2, 0.25) is 10.0 Å². The van der Waals surface area contributed by atoms with Crippen LogP contribution in [0.1, 0.15) is 63.1 Å². The molecule has 1 saturated carbocycles. The number of nitrogens with two attached hydrogens (primary N) is 1. The summed E-state index contributed by atoms with van der Waals surface area (Å²) in [7, 11) is -3.88. The molecule has 0 unspecified atom stereocenters. The van der Waals surface area contributed by atoms with Gasteiger partial charge in [0.05, 0.1) is 14.8 Å². The minimum absolute atomic E-state index is 0.151. The molecule has 9 nitrogen and oxygen atoms in total. The molecule has 194 valence electrons. The lowest BCUT2D eigenvalue weighted by atomic mass is 9.88. The molecule has 0 spiro atoms. The van der Waals surface area contributed by atoms with E-state index in [2.05, 4.69) is 14.7 Å². The van der Waals surface area contributed by atoms with Crippen LogP contribution < -0.4 is 10.5 Å². The predicted octanol–water partition coefficient (Wildman–Crippen LogP) is 4.94. The molecule has 4 rings (SSSR count). The lowest BCUT2D eigenvalue weighted by molar-refractivity contribution is 0.0787. The van der Waals surface area contributed by atoms with Gasteiger partial charge in [-0.2, -0.15) is 5.26 Å². The minimum Gasteiger partial charge on any atom is -0.446 e. The van der Waals surface area contributed by atoms with Crippen LogP contribution in [0.3, 0.4) is 0 Å². The molecule has 1 aromatic carbocycles. The average Bonchev–Trinajstić information content (AvgIpc) is 3.32. The monoisotopic (exact) mass is 539 g/mol. The third kappa shape index (κ3) is 6.52. The number of primary amides is 1. The number of benzene rings is 1. The summed E-state index contributed by atoms with van der Waals surface area (Å²) in [6, 6.07) is 10.6. The van der Waals surface area contributed by atoms with Gasteiger partial charge in [0, 0.05) is 35.0 Å². The molecular weight excluding hydrogens is 510 g/mol. The molecule has 37 heavy (non-hydrogen) atoms. The van der Waals surface area contributed by atoms with Crippen LogP contribution in [-0.2, 0) is 14.8 Å². The van der Waals surface area contributed by atoms with Crippen LogP contribution in [0.5, 0.6) is 0 Å². The van der Waals surface area contributed by atoms with Crippen LogP contribution in [-0.4, -0.2) is 36.1 Å².